The van der Waals surface area contributed by atoms with Crippen LogP contribution in [-0.4, -0.2) is 56.6 Å². The third-order valence-electron chi connectivity index (χ3n) is 11.0. The van der Waals surface area contributed by atoms with Crippen LogP contribution in [0.1, 0.15) is 98.2 Å². The number of carboxylic acids is 1. The summed E-state index contributed by atoms with van der Waals surface area (Å²) in [5.74, 6) is -0.185. The number of rotatable bonds is 17. The van der Waals surface area contributed by atoms with Gasteiger partial charge in [0.15, 0.2) is 5.78 Å². The summed E-state index contributed by atoms with van der Waals surface area (Å²) in [6.07, 6.45) is 10.9. The first-order valence-corrected chi connectivity index (χ1v) is 22.2. The number of carboxylic acid groups (broad SMARTS) is 1. The normalized spacial score (nSPS) is 24.2. The molecule has 0 aliphatic heterocycles. The number of benzene rings is 2. The van der Waals surface area contributed by atoms with Gasteiger partial charge in [-0.1, -0.05) is 61.5 Å². The lowest BCUT2D eigenvalue weighted by molar-refractivity contribution is 0.0200. The number of carbonyl (C=O) groups is 2. The van der Waals surface area contributed by atoms with Gasteiger partial charge in [0.2, 0.25) is 0 Å². The molecule has 3 N–H and O–H groups in total. The maximum Gasteiger partial charge on any atom is 0.345 e. The Kier molecular flexibility index (Phi) is 17.5. The van der Waals surface area contributed by atoms with Crippen molar-refractivity contribution < 1.29 is 29.6 Å². The number of aliphatic hydroxyl groups excluding tert-OH is 2. The Bertz CT molecular complexity index is 1900. The van der Waals surface area contributed by atoms with Crippen molar-refractivity contribution in [3.05, 3.63) is 127 Å². The molecule has 8 atom stereocenters. The van der Waals surface area contributed by atoms with Crippen molar-refractivity contribution in [2.45, 2.75) is 101 Å². The van der Waals surface area contributed by atoms with E-state index in [1.54, 1.807) is 24.3 Å². The molecular formula is C46H54Cl2O6S2. The highest BCUT2D eigenvalue weighted by molar-refractivity contribution is 7.14. The van der Waals surface area contributed by atoms with Gasteiger partial charge < -0.3 is 20.1 Å². The number of Topliss-reactive ketones (excluding diaryl/α,β-unsaturated/α-hetero) is 1. The fourth-order valence-electron chi connectivity index (χ4n) is 7.87. The molecule has 0 spiro atoms. The molecule has 2 saturated carbocycles. The molecule has 0 amide bonds. The van der Waals surface area contributed by atoms with Gasteiger partial charge in [-0.05, 0) is 130 Å². The molecule has 0 bridgehead atoms. The number of hydrogen-bond donors (Lipinski definition) is 3. The molecule has 2 aromatic carbocycles. The van der Waals surface area contributed by atoms with E-state index in [1.807, 2.05) is 60.7 Å². The SMILES string of the molecule is CC(=O)c1ccc(CCC[C@@H]2[C@@H](C=C=Cc3ccccc3)[C@H](O)C[C@H]2Cl)s1.CCc1cccc(COC[C@@H]2[C@@H](CCCc3ccc(C(=O)O)s3)[C@H](Cl)C[C@H]2O)c1. The minimum Gasteiger partial charge on any atom is -0.477 e. The molecule has 2 aliphatic rings. The summed E-state index contributed by atoms with van der Waals surface area (Å²) < 4.78 is 5.96. The van der Waals surface area contributed by atoms with Gasteiger partial charge in [-0.15, -0.1) is 51.6 Å². The molecule has 6 rings (SSSR count). The van der Waals surface area contributed by atoms with Crippen molar-refractivity contribution in [2.75, 3.05) is 6.61 Å². The second kappa shape index (κ2) is 22.2. The Hall–Kier alpha value is -3.04. The fourth-order valence-corrected chi connectivity index (χ4v) is 10.7. The average Bonchev–Trinajstić information content (AvgIpc) is 3.97. The van der Waals surface area contributed by atoms with E-state index in [-0.39, 0.29) is 40.2 Å². The molecular weight excluding hydrogens is 784 g/mol. The number of ketones is 1. The second-order valence-corrected chi connectivity index (χ2v) is 18.4. The first kappa shape index (κ1) is 44.1. The summed E-state index contributed by atoms with van der Waals surface area (Å²) in [5.41, 5.74) is 6.79. The van der Waals surface area contributed by atoms with E-state index < -0.39 is 18.2 Å². The predicted octanol–water partition coefficient (Wildman–Crippen LogP) is 10.9. The molecule has 0 radical (unpaired) electrons. The summed E-state index contributed by atoms with van der Waals surface area (Å²) in [6.45, 7) is 4.80. The monoisotopic (exact) mass is 836 g/mol. The zero-order valence-electron chi connectivity index (χ0n) is 32.2. The Balaban J connectivity index is 0.000000215. The summed E-state index contributed by atoms with van der Waals surface area (Å²) in [6, 6.07) is 26.0. The number of alkyl halides is 2. The summed E-state index contributed by atoms with van der Waals surface area (Å²) in [7, 11) is 0. The van der Waals surface area contributed by atoms with Gasteiger partial charge in [0.05, 0.1) is 30.3 Å². The van der Waals surface area contributed by atoms with E-state index in [0.29, 0.717) is 30.9 Å². The number of aryl methyl sites for hydroxylation is 3. The van der Waals surface area contributed by atoms with Crippen LogP contribution in [-0.2, 0) is 30.6 Å². The number of halogens is 2. The number of aromatic carboxylic acids is 1. The first-order valence-electron chi connectivity index (χ1n) is 19.7. The largest absolute Gasteiger partial charge is 0.477 e. The van der Waals surface area contributed by atoms with Crippen molar-refractivity contribution in [2.24, 2.45) is 23.7 Å². The second-order valence-electron chi connectivity index (χ2n) is 15.0. The van der Waals surface area contributed by atoms with Gasteiger partial charge in [0, 0.05) is 32.3 Å². The molecule has 300 valence electrons. The third-order valence-corrected chi connectivity index (χ3v) is 14.3. The van der Waals surface area contributed by atoms with Crippen LogP contribution in [0.2, 0.25) is 0 Å². The lowest BCUT2D eigenvalue weighted by Gasteiger charge is -2.23. The van der Waals surface area contributed by atoms with E-state index in [0.717, 1.165) is 65.8 Å². The van der Waals surface area contributed by atoms with Crippen molar-refractivity contribution >= 4 is 63.7 Å². The van der Waals surface area contributed by atoms with Crippen LogP contribution in [0.3, 0.4) is 0 Å². The summed E-state index contributed by atoms with van der Waals surface area (Å²) >= 11 is 16.0. The molecule has 0 saturated heterocycles. The molecule has 2 heterocycles. The zero-order valence-corrected chi connectivity index (χ0v) is 35.3. The van der Waals surface area contributed by atoms with Crippen LogP contribution < -0.4 is 0 Å². The van der Waals surface area contributed by atoms with Crippen LogP contribution >= 0.6 is 45.9 Å². The van der Waals surface area contributed by atoms with Crippen molar-refractivity contribution in [1.82, 2.24) is 0 Å². The van der Waals surface area contributed by atoms with E-state index in [9.17, 15) is 19.8 Å². The predicted molar refractivity (Wildman–Crippen MR) is 230 cm³/mol. The Morgan fingerprint density at radius 2 is 1.43 bits per heavy atom. The molecule has 6 nitrogen and oxygen atoms in total. The standard InChI is InChI=1S/C23H29ClO4S.C23H25ClO2S/c1-2-15-5-3-6-16(11-15)13-28-14-19-18(20(24)12-21(19)25)8-4-7-17-9-10-22(29-17)23(26)27;1-16(25)23-14-13-18(27-23)10-6-11-19-20(22(26)15-21(19)24)12-5-9-17-7-3-2-4-8-17/h3,5-6,9-11,18-21,25H,2,4,7-8,12-14H2,1H3,(H,26,27);2-4,7-9,12-14,19-22,26H,6,10-11,15H2,1H3/t18-,19-,20-,21-;5?,19-,20-,21-,22-/m11/s1. The van der Waals surface area contributed by atoms with Crippen molar-refractivity contribution in [3.8, 4) is 0 Å². The van der Waals surface area contributed by atoms with Gasteiger partial charge in [-0.2, -0.15) is 0 Å². The summed E-state index contributed by atoms with van der Waals surface area (Å²) in [5, 5.41) is 29.9. The van der Waals surface area contributed by atoms with Crippen LogP contribution in [0.25, 0.3) is 6.08 Å². The minimum atomic E-state index is -0.873. The van der Waals surface area contributed by atoms with Gasteiger partial charge in [-0.3, -0.25) is 4.79 Å². The van der Waals surface area contributed by atoms with Gasteiger partial charge in [0.25, 0.3) is 0 Å². The highest BCUT2D eigenvalue weighted by atomic mass is 35.5. The van der Waals surface area contributed by atoms with E-state index in [1.165, 1.54) is 21.8 Å². The molecule has 56 heavy (non-hydrogen) atoms. The van der Waals surface area contributed by atoms with Crippen molar-refractivity contribution in [3.63, 3.8) is 0 Å². The van der Waals surface area contributed by atoms with Crippen molar-refractivity contribution in [1.29, 1.82) is 0 Å². The topological polar surface area (TPSA) is 104 Å². The van der Waals surface area contributed by atoms with Crippen LogP contribution in [0.4, 0.5) is 0 Å². The van der Waals surface area contributed by atoms with Crippen LogP contribution in [0, 0.1) is 23.7 Å². The summed E-state index contributed by atoms with van der Waals surface area (Å²) in [4.78, 5) is 25.9. The average molecular weight is 838 g/mol. The van der Waals surface area contributed by atoms with Gasteiger partial charge >= 0.3 is 5.97 Å². The third kappa shape index (κ3) is 13.0. The van der Waals surface area contributed by atoms with E-state index in [4.69, 9.17) is 33.0 Å². The molecule has 0 unspecified atom stereocenters. The lowest BCUT2D eigenvalue weighted by atomic mass is 9.89. The number of hydrogen-bond acceptors (Lipinski definition) is 7. The lowest BCUT2D eigenvalue weighted by Crippen LogP contribution is -2.26. The number of thiophene rings is 2. The number of carbonyl (C=O) groups excluding carboxylic acids is 1. The number of aliphatic hydroxyl groups is 2. The van der Waals surface area contributed by atoms with Crippen LogP contribution in [0.15, 0.2) is 90.7 Å². The Morgan fingerprint density at radius 3 is 2.07 bits per heavy atom. The maximum atomic E-state index is 11.4. The first-order chi connectivity index (χ1) is 27.0. The fraction of sp³-hybridized carbons (Fsp3) is 0.457. The Labute approximate surface area is 349 Å². The minimum absolute atomic E-state index is 0.00380. The quantitative estimate of drug-likeness (QED) is 0.0556. The Morgan fingerprint density at radius 1 is 0.804 bits per heavy atom. The van der Waals surface area contributed by atoms with E-state index in [2.05, 4.69) is 36.9 Å². The highest BCUT2D eigenvalue weighted by Gasteiger charge is 2.41. The molecule has 2 fully saturated rings. The molecule has 4 aromatic rings. The maximum absolute atomic E-state index is 11.4. The smallest absolute Gasteiger partial charge is 0.345 e. The highest BCUT2D eigenvalue weighted by Crippen LogP contribution is 2.41. The number of ether oxygens (including phenoxy) is 1. The van der Waals surface area contributed by atoms with Gasteiger partial charge in [-0.25, -0.2) is 4.79 Å². The van der Waals surface area contributed by atoms with Crippen LogP contribution in [0.5, 0.6) is 0 Å². The molecule has 10 heteroatoms. The zero-order chi connectivity index (χ0) is 40.0. The van der Waals surface area contributed by atoms with E-state index >= 15 is 0 Å². The molecule has 2 aliphatic carbocycles. The van der Waals surface area contributed by atoms with Gasteiger partial charge in [0.1, 0.15) is 4.88 Å². The molecule has 2 aromatic heterocycles.